The summed E-state index contributed by atoms with van der Waals surface area (Å²) in [6.07, 6.45) is 2.06. The largest absolute Gasteiger partial charge is 0.489 e. The molecule has 0 bridgehead atoms. The first-order valence-electron chi connectivity index (χ1n) is 10.3. The van der Waals surface area contributed by atoms with Gasteiger partial charge in [0, 0.05) is 18.3 Å². The van der Waals surface area contributed by atoms with Crippen molar-refractivity contribution in [2.45, 2.75) is 31.9 Å². The van der Waals surface area contributed by atoms with Gasteiger partial charge in [0.2, 0.25) is 0 Å². The molecule has 1 unspecified atom stereocenters. The van der Waals surface area contributed by atoms with Gasteiger partial charge in [0.1, 0.15) is 18.1 Å². The Bertz CT molecular complexity index is 1040. The quantitative estimate of drug-likeness (QED) is 0.510. The van der Waals surface area contributed by atoms with Gasteiger partial charge in [0.25, 0.3) is 0 Å². The van der Waals surface area contributed by atoms with Crippen LogP contribution >= 0.6 is 0 Å². The molecule has 160 valence electrons. The number of hydrogen-bond donors (Lipinski definition) is 1. The summed E-state index contributed by atoms with van der Waals surface area (Å²) in [6, 6.07) is 21.4. The van der Waals surface area contributed by atoms with E-state index in [0.29, 0.717) is 12.4 Å². The molecule has 0 aromatic heterocycles. The number of nitrogens with zero attached hydrogens (tertiary/aromatic N) is 1. The number of carboxylic acid groups (broad SMARTS) is 1. The van der Waals surface area contributed by atoms with E-state index in [1.54, 1.807) is 24.3 Å². The maximum absolute atomic E-state index is 13.8. The van der Waals surface area contributed by atoms with Gasteiger partial charge in [0.15, 0.2) is 11.6 Å². The molecular formula is C25H24FNO4. The zero-order chi connectivity index (χ0) is 21.6. The Morgan fingerprint density at radius 3 is 2.61 bits per heavy atom. The fourth-order valence-corrected chi connectivity index (χ4v) is 3.84. The van der Waals surface area contributed by atoms with Crippen molar-refractivity contribution in [3.8, 4) is 17.2 Å². The van der Waals surface area contributed by atoms with Crippen LogP contribution in [0.2, 0.25) is 0 Å². The predicted molar refractivity (Wildman–Crippen MR) is 116 cm³/mol. The van der Waals surface area contributed by atoms with E-state index in [4.69, 9.17) is 14.6 Å². The first-order chi connectivity index (χ1) is 15.1. The summed E-state index contributed by atoms with van der Waals surface area (Å²) in [5.74, 6) is 0.267. The molecule has 1 atom stereocenters. The van der Waals surface area contributed by atoms with Crippen LogP contribution in [0.25, 0.3) is 0 Å². The van der Waals surface area contributed by atoms with E-state index in [-0.39, 0.29) is 18.2 Å². The molecule has 5 nitrogen and oxygen atoms in total. The maximum atomic E-state index is 13.8. The third-order valence-corrected chi connectivity index (χ3v) is 5.32. The second kappa shape index (κ2) is 9.51. The number of halogens is 1. The summed E-state index contributed by atoms with van der Waals surface area (Å²) in [5.41, 5.74) is 1.91. The molecule has 1 heterocycles. The molecule has 0 aliphatic carbocycles. The molecule has 0 spiro atoms. The number of carboxylic acids is 1. The molecule has 6 heteroatoms. The van der Waals surface area contributed by atoms with E-state index < -0.39 is 11.8 Å². The Labute approximate surface area is 180 Å². The third kappa shape index (κ3) is 5.34. The zero-order valence-electron chi connectivity index (χ0n) is 17.0. The van der Waals surface area contributed by atoms with E-state index in [1.807, 2.05) is 42.5 Å². The van der Waals surface area contributed by atoms with Crippen molar-refractivity contribution in [1.82, 2.24) is 0 Å². The molecule has 1 N–H and O–H groups in total. The highest BCUT2D eigenvalue weighted by Gasteiger charge is 2.26. The van der Waals surface area contributed by atoms with E-state index in [0.717, 1.165) is 36.4 Å². The Hall–Kier alpha value is -3.54. The third-order valence-electron chi connectivity index (χ3n) is 5.32. The van der Waals surface area contributed by atoms with Crippen molar-refractivity contribution in [2.24, 2.45) is 0 Å². The average Bonchev–Trinajstić information content (AvgIpc) is 3.22. The summed E-state index contributed by atoms with van der Waals surface area (Å²) in [6.45, 7) is 1.21. The molecule has 0 radical (unpaired) electrons. The van der Waals surface area contributed by atoms with E-state index in [1.165, 1.54) is 6.07 Å². The summed E-state index contributed by atoms with van der Waals surface area (Å²) in [4.78, 5) is 13.2. The van der Waals surface area contributed by atoms with Gasteiger partial charge in [-0.15, -0.1) is 0 Å². The van der Waals surface area contributed by atoms with Gasteiger partial charge >= 0.3 is 5.97 Å². The number of aliphatic carboxylic acids is 1. The number of hydrogen-bond acceptors (Lipinski definition) is 4. The standard InChI is InChI=1S/C25H24FNO4/c26-23-8-1-2-9-24(23)31-22-7-3-5-18(15-22)17-30-21-12-10-19(11-13-21)27-14-4-6-20(27)16-25(28)29/h1-3,5,7-13,15,20H,4,6,14,16-17H2,(H,28,29). The Balaban J connectivity index is 1.36. The highest BCUT2D eigenvalue weighted by molar-refractivity contribution is 5.69. The number of benzene rings is 3. The minimum Gasteiger partial charge on any atom is -0.489 e. The molecule has 0 amide bonds. The predicted octanol–water partition coefficient (Wildman–Crippen LogP) is 5.64. The summed E-state index contributed by atoms with van der Waals surface area (Å²) in [7, 11) is 0. The first kappa shape index (κ1) is 20.7. The van der Waals surface area contributed by atoms with Crippen molar-refractivity contribution < 1.29 is 23.8 Å². The molecule has 3 aromatic rings. The van der Waals surface area contributed by atoms with Crippen LogP contribution in [0.3, 0.4) is 0 Å². The molecule has 1 fully saturated rings. The SMILES string of the molecule is O=C(O)CC1CCCN1c1ccc(OCc2cccc(Oc3ccccc3F)c2)cc1. The lowest BCUT2D eigenvalue weighted by molar-refractivity contribution is -0.137. The van der Waals surface area contributed by atoms with Crippen LogP contribution in [0.4, 0.5) is 10.1 Å². The molecule has 4 rings (SSSR count). The Kier molecular flexibility index (Phi) is 6.36. The summed E-state index contributed by atoms with van der Waals surface area (Å²) in [5, 5.41) is 9.10. The van der Waals surface area contributed by atoms with Gasteiger partial charge in [-0.25, -0.2) is 4.39 Å². The summed E-state index contributed by atoms with van der Waals surface area (Å²) >= 11 is 0. The number of anilines is 1. The Morgan fingerprint density at radius 2 is 1.84 bits per heavy atom. The van der Waals surface area contributed by atoms with Crippen molar-refractivity contribution >= 4 is 11.7 Å². The lowest BCUT2D eigenvalue weighted by atomic mass is 10.1. The fraction of sp³-hybridized carbons (Fsp3) is 0.240. The fourth-order valence-electron chi connectivity index (χ4n) is 3.84. The van der Waals surface area contributed by atoms with Crippen molar-refractivity contribution in [3.05, 3.63) is 84.2 Å². The molecule has 1 saturated heterocycles. The molecule has 3 aromatic carbocycles. The number of para-hydroxylation sites is 1. The van der Waals surface area contributed by atoms with Gasteiger partial charge in [-0.05, 0) is 66.9 Å². The lowest BCUT2D eigenvalue weighted by Crippen LogP contribution is -2.31. The highest BCUT2D eigenvalue weighted by Crippen LogP contribution is 2.29. The van der Waals surface area contributed by atoms with Gasteiger partial charge < -0.3 is 19.5 Å². The van der Waals surface area contributed by atoms with Crippen LogP contribution in [0.5, 0.6) is 17.2 Å². The van der Waals surface area contributed by atoms with Crippen LogP contribution in [0.1, 0.15) is 24.8 Å². The molecular weight excluding hydrogens is 397 g/mol. The van der Waals surface area contributed by atoms with Crippen molar-refractivity contribution in [2.75, 3.05) is 11.4 Å². The second-order valence-electron chi connectivity index (χ2n) is 7.55. The van der Waals surface area contributed by atoms with Crippen molar-refractivity contribution in [1.29, 1.82) is 0 Å². The normalized spacial score (nSPS) is 15.6. The molecule has 1 aliphatic rings. The number of rotatable bonds is 8. The summed E-state index contributed by atoms with van der Waals surface area (Å²) < 4.78 is 25.3. The minimum absolute atomic E-state index is 0.0430. The van der Waals surface area contributed by atoms with E-state index in [2.05, 4.69) is 4.90 Å². The van der Waals surface area contributed by atoms with E-state index in [9.17, 15) is 9.18 Å². The molecule has 31 heavy (non-hydrogen) atoms. The number of ether oxygens (including phenoxy) is 2. The van der Waals surface area contributed by atoms with Gasteiger partial charge in [-0.3, -0.25) is 4.79 Å². The maximum Gasteiger partial charge on any atom is 0.305 e. The topological polar surface area (TPSA) is 59.0 Å². The van der Waals surface area contributed by atoms with Crippen molar-refractivity contribution in [3.63, 3.8) is 0 Å². The second-order valence-corrected chi connectivity index (χ2v) is 7.55. The highest BCUT2D eigenvalue weighted by atomic mass is 19.1. The van der Waals surface area contributed by atoms with Gasteiger partial charge in [-0.1, -0.05) is 24.3 Å². The van der Waals surface area contributed by atoms with Crippen LogP contribution < -0.4 is 14.4 Å². The number of carbonyl (C=O) groups is 1. The Morgan fingerprint density at radius 1 is 1.03 bits per heavy atom. The van der Waals surface area contributed by atoms with Crippen LogP contribution in [0, 0.1) is 5.82 Å². The monoisotopic (exact) mass is 421 g/mol. The molecule has 0 saturated carbocycles. The minimum atomic E-state index is -0.766. The van der Waals surface area contributed by atoms with Gasteiger partial charge in [0.05, 0.1) is 6.42 Å². The molecule has 1 aliphatic heterocycles. The van der Waals surface area contributed by atoms with Gasteiger partial charge in [-0.2, -0.15) is 0 Å². The zero-order valence-corrected chi connectivity index (χ0v) is 17.0. The van der Waals surface area contributed by atoms with Crippen LogP contribution in [-0.2, 0) is 11.4 Å². The van der Waals surface area contributed by atoms with E-state index >= 15 is 0 Å². The first-order valence-corrected chi connectivity index (χ1v) is 10.3. The average molecular weight is 421 g/mol. The lowest BCUT2D eigenvalue weighted by Gasteiger charge is -2.25. The van der Waals surface area contributed by atoms with Crippen LogP contribution in [-0.4, -0.2) is 23.7 Å². The smallest absolute Gasteiger partial charge is 0.305 e. The van der Waals surface area contributed by atoms with Crippen LogP contribution in [0.15, 0.2) is 72.8 Å².